The Kier molecular flexibility index (Phi) is 28.3. The first-order valence-corrected chi connectivity index (χ1v) is 39.8. The van der Waals surface area contributed by atoms with Crippen molar-refractivity contribution in [1.29, 1.82) is 0 Å². The molecule has 640 valence electrons. The highest BCUT2D eigenvalue weighted by molar-refractivity contribution is 5.80. The number of ether oxygens (including phenoxy) is 12. The molecule has 0 radical (unpaired) electrons. The summed E-state index contributed by atoms with van der Waals surface area (Å²) in [6.07, 6.45) is -40.9. The maximum Gasteiger partial charge on any atom is 0.335 e. The summed E-state index contributed by atoms with van der Waals surface area (Å²) >= 11 is 0. The minimum atomic E-state index is -2.23. The van der Waals surface area contributed by atoms with Crippen molar-refractivity contribution in [3.8, 4) is 0 Å². The molecule has 0 aromatic carbocycles. The number of carbonyl (C=O) groups is 5. The van der Waals surface area contributed by atoms with Gasteiger partial charge in [-0.05, 0) is 117 Å². The minimum Gasteiger partial charge on any atom is -0.481 e. The van der Waals surface area contributed by atoms with Crippen LogP contribution in [0, 0.1) is 50.2 Å². The lowest BCUT2D eigenvalue weighted by atomic mass is 9.33. The smallest absolute Gasteiger partial charge is 0.335 e. The number of hydrogen-bond acceptors (Lipinski definition) is 33. The van der Waals surface area contributed by atoms with Crippen LogP contribution in [0.15, 0.2) is 11.6 Å². The lowest BCUT2D eigenvalue weighted by Gasteiger charge is -2.71. The molecule has 0 spiro atoms. The summed E-state index contributed by atoms with van der Waals surface area (Å²) in [4.78, 5) is 68.2. The molecule has 6 saturated heterocycles. The van der Waals surface area contributed by atoms with Crippen LogP contribution in [0.25, 0.3) is 0 Å². The molecule has 0 bridgehead atoms. The first kappa shape index (κ1) is 89.0. The highest BCUT2D eigenvalue weighted by atomic mass is 16.8. The Morgan fingerprint density at radius 2 is 1.08 bits per heavy atom. The summed E-state index contributed by atoms with van der Waals surface area (Å²) < 4.78 is 73.0. The van der Waals surface area contributed by atoms with E-state index in [1.807, 2.05) is 0 Å². The van der Waals surface area contributed by atoms with Gasteiger partial charge in [0.1, 0.15) is 122 Å². The molecule has 5 aliphatic carbocycles. The summed E-state index contributed by atoms with van der Waals surface area (Å²) in [5.74, 6) is -5.58. The van der Waals surface area contributed by atoms with Crippen molar-refractivity contribution >= 4 is 30.1 Å². The van der Waals surface area contributed by atoms with Gasteiger partial charge in [0, 0.05) is 12.8 Å². The number of aliphatic hydroxyl groups is 16. The number of unbranched alkanes of at least 4 members (excludes halogenated alkanes) is 7. The molecule has 11 rings (SSSR count). The Labute approximate surface area is 648 Å². The van der Waals surface area contributed by atoms with Crippen LogP contribution in [0.1, 0.15) is 170 Å². The van der Waals surface area contributed by atoms with E-state index in [0.29, 0.717) is 57.8 Å². The van der Waals surface area contributed by atoms with E-state index in [4.69, 9.17) is 61.9 Å². The first-order valence-electron chi connectivity index (χ1n) is 39.8. The zero-order chi connectivity index (χ0) is 81.8. The molecule has 1 amide bonds. The van der Waals surface area contributed by atoms with E-state index in [1.165, 1.54) is 6.92 Å². The molecule has 38 atom stereocenters. The molecular weight excluding hydrogens is 1490 g/mol. The van der Waals surface area contributed by atoms with Gasteiger partial charge < -0.3 is 159 Å². The SMILES string of the molecule is CC1O[C@@H](OC2C(O)[C@@H](NC(=O)CCCCCCCCCCC(=O)O)C(CO)O[C@H]2OC(=O)[C@]23CCC(C)(C)CC2C2=CCC4C5(C)CC[C@H](O[C@@H]6OC(C(=O)O)[C@@H](O)[C@H](O[C@@H]7OC[C@@H](O)[C@H](O)C7O)C6O[C@@H]6OC(CO)[C@H](O)[C@H](O)C6O)[C@](C)(C=O)[C@@H]5CCC4(C)[C@]2(C)CC3O)C(O)C(O)[C@H]1O[C@@H]1OC[C@@H](O)C(O)C1O. The van der Waals surface area contributed by atoms with Crippen LogP contribution in [0.4, 0.5) is 0 Å². The van der Waals surface area contributed by atoms with E-state index in [0.717, 1.165) is 44.0 Å². The average Bonchev–Trinajstić information content (AvgIpc) is 0.669. The van der Waals surface area contributed by atoms with Crippen LogP contribution in [0.5, 0.6) is 0 Å². The summed E-state index contributed by atoms with van der Waals surface area (Å²) in [6, 6.07) is -1.46. The van der Waals surface area contributed by atoms with Gasteiger partial charge in [-0.15, -0.1) is 0 Å². The number of hydrogen-bond donors (Lipinski definition) is 19. The van der Waals surface area contributed by atoms with Crippen molar-refractivity contribution in [2.75, 3.05) is 26.4 Å². The number of nitrogens with one attached hydrogen (secondary N) is 1. The molecule has 36 heteroatoms. The molecule has 11 aliphatic rings. The van der Waals surface area contributed by atoms with Crippen LogP contribution in [-0.4, -0.2) is 333 Å². The summed E-state index contributed by atoms with van der Waals surface area (Å²) in [7, 11) is 0. The maximum atomic E-state index is 16.1. The van der Waals surface area contributed by atoms with Gasteiger partial charge in [0.25, 0.3) is 0 Å². The molecule has 0 aromatic rings. The molecular formula is C76H121NO35. The van der Waals surface area contributed by atoms with E-state index >= 15 is 4.79 Å². The largest absolute Gasteiger partial charge is 0.481 e. The number of aldehydes is 1. The second-order valence-electron chi connectivity index (χ2n) is 35.1. The Hall–Kier alpha value is -3.79. The Morgan fingerprint density at radius 1 is 0.527 bits per heavy atom. The van der Waals surface area contributed by atoms with Gasteiger partial charge in [0.2, 0.25) is 12.2 Å². The fraction of sp³-hybridized carbons (Fsp3) is 0.908. The second kappa shape index (κ2) is 35.6. The molecule has 4 saturated carbocycles. The van der Waals surface area contributed by atoms with Gasteiger partial charge in [-0.2, -0.15) is 0 Å². The van der Waals surface area contributed by atoms with Gasteiger partial charge in [-0.25, -0.2) is 4.79 Å². The van der Waals surface area contributed by atoms with E-state index in [-0.39, 0.29) is 38.0 Å². The zero-order valence-corrected chi connectivity index (χ0v) is 64.5. The summed E-state index contributed by atoms with van der Waals surface area (Å²) in [5.41, 5.74) is -5.06. The molecule has 112 heavy (non-hydrogen) atoms. The fourth-order valence-electron chi connectivity index (χ4n) is 20.9. The normalized spacial score (nSPS) is 48.8. The summed E-state index contributed by atoms with van der Waals surface area (Å²) in [5, 5.41) is 201. The number of carboxylic acids is 2. The van der Waals surface area contributed by atoms with Crippen LogP contribution < -0.4 is 5.32 Å². The van der Waals surface area contributed by atoms with Crippen LogP contribution in [0.3, 0.4) is 0 Å². The molecule has 6 aliphatic heterocycles. The molecule has 19 N–H and O–H groups in total. The number of carboxylic acid groups (broad SMARTS) is 2. The number of carbonyl (C=O) groups excluding carboxylic acids is 3. The lowest BCUT2D eigenvalue weighted by molar-refractivity contribution is -0.391. The fourth-order valence-corrected chi connectivity index (χ4v) is 20.9. The van der Waals surface area contributed by atoms with E-state index < -0.39 is 279 Å². The van der Waals surface area contributed by atoms with Gasteiger partial charge in [-0.3, -0.25) is 14.4 Å². The maximum absolute atomic E-state index is 16.1. The standard InChI is InChI=1S/C76H121NO35/c1-33-58(107-64-53(93)47(87)36(81)30-101-64)52(92)56(96)66(103-33)110-61-50(90)46(77-44(84)16-14-12-10-8-9-11-13-15-17-45(85)86)38(28-78)104-68(61)112-70(100)76-25-24-71(2,3)26-35(76)34-18-19-41-72(4)22-21-43(73(5,32-80)40(72)20-23-74(41,6)75(34,7)27-42(76)83)106-69-62(111-67-55(95)51(91)49(89)39(29-79)105-67)59(57(97)60(109-69)63(98)99)108-65-54(94)48(88)37(82)31-102-65/h18,32-33,35-43,46-62,64-69,78-79,81-83,87-97H,8-17,19-31H2,1-7H3,(H,77,84)(H,85,86)(H,98,99)/t33?,35?,36-,37-,38?,39?,40-,41?,42?,43+,46+,47?,48+,49+,50?,51+,52?,53?,54?,55?,56?,57+,58+,59+,60?,61?,62?,64+,65+,66+,67+,68+,69-,72?,73-,74?,75-,76-/m1/s1. The molecule has 6 heterocycles. The summed E-state index contributed by atoms with van der Waals surface area (Å²) in [6.45, 7) is 10.8. The van der Waals surface area contributed by atoms with Gasteiger partial charge >= 0.3 is 17.9 Å². The van der Waals surface area contributed by atoms with Crippen molar-refractivity contribution in [2.24, 2.45) is 50.2 Å². The average molecular weight is 1610 g/mol. The van der Waals surface area contributed by atoms with Gasteiger partial charge in [0.05, 0.1) is 56.2 Å². The number of rotatable bonds is 28. The molecule has 18 unspecified atom stereocenters. The quantitative estimate of drug-likeness (QED) is 0.0124. The van der Waals surface area contributed by atoms with Crippen LogP contribution >= 0.6 is 0 Å². The zero-order valence-electron chi connectivity index (χ0n) is 64.5. The van der Waals surface area contributed by atoms with Gasteiger partial charge in [0.15, 0.2) is 43.7 Å². The van der Waals surface area contributed by atoms with Crippen LogP contribution in [0.2, 0.25) is 0 Å². The van der Waals surface area contributed by atoms with Crippen molar-refractivity contribution in [1.82, 2.24) is 5.32 Å². The number of fused-ring (bicyclic) bond motifs is 7. The monoisotopic (exact) mass is 1610 g/mol. The topological polar surface area (TPSA) is 572 Å². The Balaban J connectivity index is 0.854. The number of amides is 1. The van der Waals surface area contributed by atoms with Crippen molar-refractivity contribution in [3.05, 3.63) is 11.6 Å². The third-order valence-corrected chi connectivity index (χ3v) is 27.7. The first-order chi connectivity index (χ1) is 52.8. The van der Waals surface area contributed by atoms with Gasteiger partial charge in [-0.1, -0.05) is 91.7 Å². The highest BCUT2D eigenvalue weighted by Gasteiger charge is 2.73. The minimum absolute atomic E-state index is 0.00603. The third-order valence-electron chi connectivity index (χ3n) is 27.7. The second-order valence-corrected chi connectivity index (χ2v) is 35.1. The number of allylic oxidation sites excluding steroid dienone is 2. The van der Waals surface area contributed by atoms with Crippen molar-refractivity contribution in [2.45, 2.75) is 355 Å². The lowest BCUT2D eigenvalue weighted by Crippen LogP contribution is -2.70. The number of aliphatic carboxylic acids is 2. The van der Waals surface area contributed by atoms with Crippen LogP contribution in [-0.2, 0) is 80.8 Å². The predicted octanol–water partition coefficient (Wildman–Crippen LogP) is -2.73. The molecule has 10 fully saturated rings. The van der Waals surface area contributed by atoms with Crippen molar-refractivity contribution in [3.63, 3.8) is 0 Å². The van der Waals surface area contributed by atoms with E-state index in [2.05, 4.69) is 46.0 Å². The van der Waals surface area contributed by atoms with E-state index in [9.17, 15) is 106 Å². The Bertz CT molecular complexity index is 3240. The predicted molar refractivity (Wildman–Crippen MR) is 377 cm³/mol. The third kappa shape index (κ3) is 17.0. The number of esters is 1. The van der Waals surface area contributed by atoms with Crippen molar-refractivity contribution < 1.29 is 173 Å². The number of aliphatic hydroxyl groups excluding tert-OH is 16. The molecule has 0 aromatic heterocycles. The Morgan fingerprint density at radius 3 is 1.68 bits per heavy atom. The molecule has 36 nitrogen and oxygen atoms in total. The highest BCUT2D eigenvalue weighted by Crippen LogP contribution is 2.76. The van der Waals surface area contributed by atoms with E-state index in [1.54, 1.807) is 6.92 Å².